The topological polar surface area (TPSA) is 98.7 Å². The number of rotatable bonds is 7. The van der Waals surface area contributed by atoms with Crippen molar-refractivity contribution in [3.63, 3.8) is 0 Å². The molecule has 1 amide bonds. The molecule has 0 atom stereocenters. The Morgan fingerprint density at radius 1 is 1.14 bits per heavy atom. The number of aryl methyl sites for hydroxylation is 1. The molecule has 29 heavy (non-hydrogen) atoms. The number of carbonyl (C=O) groups excluding carboxylic acids is 1. The highest BCUT2D eigenvalue weighted by Crippen LogP contribution is 2.22. The summed E-state index contributed by atoms with van der Waals surface area (Å²) >= 11 is 1.48. The fraction of sp³-hybridized carbons (Fsp3) is 0.150. The van der Waals surface area contributed by atoms with E-state index in [1.165, 1.54) is 11.8 Å². The van der Waals surface area contributed by atoms with Crippen LogP contribution >= 0.6 is 11.8 Å². The van der Waals surface area contributed by atoms with Crippen molar-refractivity contribution in [2.45, 2.75) is 5.75 Å². The number of anilines is 1. The van der Waals surface area contributed by atoms with Gasteiger partial charge in [0.15, 0.2) is 5.82 Å². The van der Waals surface area contributed by atoms with E-state index >= 15 is 0 Å². The van der Waals surface area contributed by atoms with Crippen LogP contribution in [-0.4, -0.2) is 36.9 Å². The molecule has 4 aromatic rings. The molecule has 2 heterocycles. The molecule has 0 aliphatic heterocycles. The van der Waals surface area contributed by atoms with Crippen molar-refractivity contribution in [1.82, 2.24) is 25.2 Å². The van der Waals surface area contributed by atoms with E-state index < -0.39 is 0 Å². The van der Waals surface area contributed by atoms with Crippen LogP contribution in [0.1, 0.15) is 5.69 Å². The van der Waals surface area contributed by atoms with Gasteiger partial charge in [-0.2, -0.15) is 0 Å². The van der Waals surface area contributed by atoms with Gasteiger partial charge in [-0.05, 0) is 34.7 Å². The summed E-state index contributed by atoms with van der Waals surface area (Å²) in [6.07, 6.45) is 1.63. The van der Waals surface area contributed by atoms with Gasteiger partial charge < -0.3 is 9.73 Å². The molecule has 2 aromatic carbocycles. The smallest absolute Gasteiger partial charge is 0.234 e. The molecule has 0 bridgehead atoms. The Hall–Kier alpha value is -3.46. The first-order chi connectivity index (χ1) is 14.2. The summed E-state index contributed by atoms with van der Waals surface area (Å²) in [7, 11) is 1.77. The second-order valence-electron chi connectivity index (χ2n) is 6.26. The van der Waals surface area contributed by atoms with Crippen LogP contribution in [0.15, 0.2) is 65.3 Å². The lowest BCUT2D eigenvalue weighted by Gasteiger charge is -2.06. The molecule has 0 radical (unpaired) electrons. The highest BCUT2D eigenvalue weighted by molar-refractivity contribution is 7.99. The zero-order valence-corrected chi connectivity index (χ0v) is 16.5. The summed E-state index contributed by atoms with van der Waals surface area (Å²) in [5.41, 5.74) is 3.26. The zero-order chi connectivity index (χ0) is 20.1. The van der Waals surface area contributed by atoms with E-state index in [2.05, 4.69) is 25.8 Å². The summed E-state index contributed by atoms with van der Waals surface area (Å²) < 4.78 is 7.10. The number of nitrogens with one attached hydrogen (secondary N) is 1. The molecule has 146 valence electrons. The van der Waals surface area contributed by atoms with Crippen LogP contribution in [-0.2, 0) is 17.6 Å². The molecule has 0 aliphatic carbocycles. The molecule has 0 unspecified atom stereocenters. The lowest BCUT2D eigenvalue weighted by atomic mass is 10.2. The summed E-state index contributed by atoms with van der Waals surface area (Å²) in [5, 5.41) is 14.3. The third-order valence-electron chi connectivity index (χ3n) is 4.08. The normalized spacial score (nSPS) is 10.8. The van der Waals surface area contributed by atoms with Gasteiger partial charge in [0, 0.05) is 29.6 Å². The van der Waals surface area contributed by atoms with Gasteiger partial charge in [0.25, 0.3) is 0 Å². The largest absolute Gasteiger partial charge is 0.444 e. The van der Waals surface area contributed by atoms with Crippen LogP contribution in [0, 0.1) is 0 Å². The van der Waals surface area contributed by atoms with Crippen molar-refractivity contribution in [3.8, 4) is 22.8 Å². The average Bonchev–Trinajstić information content (AvgIpc) is 3.38. The fourth-order valence-electron chi connectivity index (χ4n) is 2.74. The first-order valence-corrected chi connectivity index (χ1v) is 10.0. The summed E-state index contributed by atoms with van der Waals surface area (Å²) in [5.74, 6) is 2.03. The van der Waals surface area contributed by atoms with Crippen molar-refractivity contribution in [3.05, 3.63) is 66.6 Å². The molecule has 9 heteroatoms. The van der Waals surface area contributed by atoms with E-state index in [1.807, 2.05) is 54.6 Å². The molecule has 8 nitrogen and oxygen atoms in total. The number of hydrogen-bond donors (Lipinski definition) is 1. The summed E-state index contributed by atoms with van der Waals surface area (Å²) in [6.45, 7) is 0. The van der Waals surface area contributed by atoms with Gasteiger partial charge in [0.2, 0.25) is 11.8 Å². The maximum Gasteiger partial charge on any atom is 0.234 e. The van der Waals surface area contributed by atoms with Crippen LogP contribution in [0.4, 0.5) is 5.69 Å². The number of aromatic nitrogens is 5. The highest BCUT2D eigenvalue weighted by Gasteiger charge is 2.10. The Kier molecular flexibility index (Phi) is 5.66. The second-order valence-corrected chi connectivity index (χ2v) is 7.24. The lowest BCUT2D eigenvalue weighted by molar-refractivity contribution is -0.113. The first kappa shape index (κ1) is 18.9. The van der Waals surface area contributed by atoms with Gasteiger partial charge in [-0.1, -0.05) is 30.3 Å². The Labute approximate surface area is 171 Å². The van der Waals surface area contributed by atoms with Crippen LogP contribution in [0.3, 0.4) is 0 Å². The minimum Gasteiger partial charge on any atom is -0.444 e. The summed E-state index contributed by atoms with van der Waals surface area (Å²) in [6, 6.07) is 17.1. The Bertz CT molecular complexity index is 1110. The quantitative estimate of drug-likeness (QED) is 0.502. The molecular weight excluding hydrogens is 388 g/mol. The van der Waals surface area contributed by atoms with Crippen molar-refractivity contribution < 1.29 is 9.21 Å². The molecule has 0 saturated heterocycles. The predicted octanol–water partition coefficient (Wildman–Crippen LogP) is 3.40. The highest BCUT2D eigenvalue weighted by atomic mass is 32.2. The third kappa shape index (κ3) is 4.69. The van der Waals surface area contributed by atoms with Gasteiger partial charge in [0.1, 0.15) is 6.26 Å². The SMILES string of the molecule is Cn1nnnc1-c1cccc(NC(=O)CSCc2coc(-c3ccccc3)n2)c1. The van der Waals surface area contributed by atoms with Crippen molar-refractivity contribution in [1.29, 1.82) is 0 Å². The van der Waals surface area contributed by atoms with Crippen LogP contribution in [0.5, 0.6) is 0 Å². The number of oxazole rings is 1. The van der Waals surface area contributed by atoms with E-state index in [-0.39, 0.29) is 5.91 Å². The van der Waals surface area contributed by atoms with E-state index in [0.717, 1.165) is 16.8 Å². The van der Waals surface area contributed by atoms with Gasteiger partial charge in [-0.3, -0.25) is 4.79 Å². The Morgan fingerprint density at radius 2 is 1.97 bits per heavy atom. The molecular formula is C20H18N6O2S. The number of amides is 1. The average molecular weight is 406 g/mol. The van der Waals surface area contributed by atoms with Gasteiger partial charge in [-0.15, -0.1) is 16.9 Å². The predicted molar refractivity (Wildman–Crippen MR) is 111 cm³/mol. The third-order valence-corrected chi connectivity index (χ3v) is 5.05. The number of nitrogens with zero attached hydrogens (tertiary/aromatic N) is 5. The molecule has 0 spiro atoms. The van der Waals surface area contributed by atoms with Crippen molar-refractivity contribution in [2.24, 2.45) is 7.05 Å². The van der Waals surface area contributed by atoms with Gasteiger partial charge in [-0.25, -0.2) is 9.67 Å². The molecule has 0 aliphatic rings. The van der Waals surface area contributed by atoms with Gasteiger partial charge in [0.05, 0.1) is 11.4 Å². The molecule has 4 rings (SSSR count). The minimum atomic E-state index is -0.0879. The number of hydrogen-bond acceptors (Lipinski definition) is 7. The van der Waals surface area contributed by atoms with E-state index in [4.69, 9.17) is 4.42 Å². The maximum absolute atomic E-state index is 12.3. The van der Waals surface area contributed by atoms with E-state index in [1.54, 1.807) is 18.0 Å². The molecule has 0 fully saturated rings. The fourth-order valence-corrected chi connectivity index (χ4v) is 3.44. The monoisotopic (exact) mass is 406 g/mol. The van der Waals surface area contributed by atoms with Crippen LogP contribution in [0.2, 0.25) is 0 Å². The number of benzene rings is 2. The van der Waals surface area contributed by atoms with E-state index in [0.29, 0.717) is 28.9 Å². The second kappa shape index (κ2) is 8.70. The lowest BCUT2D eigenvalue weighted by Crippen LogP contribution is -2.14. The minimum absolute atomic E-state index is 0.0879. The number of tetrazole rings is 1. The maximum atomic E-state index is 12.3. The molecule has 0 saturated carbocycles. The van der Waals surface area contributed by atoms with E-state index in [9.17, 15) is 4.79 Å². The molecule has 2 aromatic heterocycles. The molecule has 1 N–H and O–H groups in total. The van der Waals surface area contributed by atoms with Gasteiger partial charge >= 0.3 is 0 Å². The zero-order valence-electron chi connectivity index (χ0n) is 15.6. The number of thioether (sulfide) groups is 1. The first-order valence-electron chi connectivity index (χ1n) is 8.89. The van der Waals surface area contributed by atoms with Crippen molar-refractivity contribution in [2.75, 3.05) is 11.1 Å². The standard InChI is InChI=1S/C20H18N6O2S/c1-26-19(23-24-25-26)15-8-5-9-16(10-15)21-18(27)13-29-12-17-11-28-20(22-17)14-6-3-2-4-7-14/h2-11H,12-13H2,1H3,(H,21,27). The van der Waals surface area contributed by atoms with Crippen molar-refractivity contribution >= 4 is 23.4 Å². The van der Waals surface area contributed by atoms with Crippen LogP contribution in [0.25, 0.3) is 22.8 Å². The van der Waals surface area contributed by atoms with Crippen LogP contribution < -0.4 is 5.32 Å². The number of carbonyl (C=O) groups is 1. The summed E-state index contributed by atoms with van der Waals surface area (Å²) in [4.78, 5) is 16.7. The Balaban J connectivity index is 1.30. The Morgan fingerprint density at radius 3 is 2.76 bits per heavy atom.